The molecule has 1 heterocycles. The number of hydrogen-bond acceptors (Lipinski definition) is 4. The Morgan fingerprint density at radius 2 is 2.00 bits per heavy atom. The van der Waals surface area contributed by atoms with Gasteiger partial charge < -0.3 is 9.73 Å². The molecule has 1 amide bonds. The highest BCUT2D eigenvalue weighted by molar-refractivity contribution is 7.99. The van der Waals surface area contributed by atoms with Gasteiger partial charge >= 0.3 is 5.63 Å². The summed E-state index contributed by atoms with van der Waals surface area (Å²) in [6.07, 6.45) is 0.876. The number of hydrogen-bond donors (Lipinski definition) is 1. The Balaban J connectivity index is 1.67. The lowest BCUT2D eigenvalue weighted by Gasteiger charge is -2.08. The van der Waals surface area contributed by atoms with Crippen LogP contribution in [0.15, 0.2) is 57.7 Å². The van der Waals surface area contributed by atoms with Crippen molar-refractivity contribution in [2.24, 2.45) is 0 Å². The van der Waals surface area contributed by atoms with Gasteiger partial charge in [0.2, 0.25) is 5.91 Å². The average Bonchev–Trinajstić information content (AvgIpc) is 2.63. The molecule has 0 saturated carbocycles. The number of benzene rings is 2. The Morgan fingerprint density at radius 1 is 1.19 bits per heavy atom. The number of anilines is 1. The number of fused-ring (bicyclic) bond motifs is 1. The molecule has 0 aliphatic heterocycles. The molecule has 6 heteroatoms. The first-order valence-corrected chi connectivity index (χ1v) is 9.78. The first kappa shape index (κ1) is 18.5. The highest BCUT2D eigenvalue weighted by atomic mass is 35.5. The summed E-state index contributed by atoms with van der Waals surface area (Å²) in [5.74, 6) is 0.674. The van der Waals surface area contributed by atoms with Crippen molar-refractivity contribution in [3.63, 3.8) is 0 Å². The van der Waals surface area contributed by atoms with Crippen LogP contribution < -0.4 is 10.9 Å². The van der Waals surface area contributed by atoms with Crippen LogP contribution in [0.3, 0.4) is 0 Å². The van der Waals surface area contributed by atoms with Crippen molar-refractivity contribution >= 4 is 45.9 Å². The molecular formula is C20H18ClNO3S. The molecule has 3 aromatic rings. The number of rotatable bonds is 6. The average molecular weight is 388 g/mol. The van der Waals surface area contributed by atoms with E-state index in [4.69, 9.17) is 16.0 Å². The zero-order valence-corrected chi connectivity index (χ0v) is 15.8. The quantitative estimate of drug-likeness (QED) is 0.612. The van der Waals surface area contributed by atoms with Gasteiger partial charge in [-0.2, -0.15) is 0 Å². The summed E-state index contributed by atoms with van der Waals surface area (Å²) in [7, 11) is 0. The largest absolute Gasteiger partial charge is 0.423 e. The summed E-state index contributed by atoms with van der Waals surface area (Å²) in [5, 5.41) is 4.20. The molecule has 0 unspecified atom stereocenters. The fraction of sp³-hybridized carbons (Fsp3) is 0.200. The number of carbonyl (C=O) groups is 1. The first-order chi connectivity index (χ1) is 12.6. The predicted octanol–water partition coefficient (Wildman–Crippen LogP) is 4.88. The standard InChI is InChI=1S/C20H18ClNO3S/c1-2-13-7-8-15-14(10-20(24)25-18(15)9-13)11-26-12-19(23)22-17-6-4-3-5-16(17)21/h3-10H,2,11-12H2,1H3,(H,22,23). The number of para-hydroxylation sites is 1. The maximum atomic E-state index is 12.1. The molecule has 0 fully saturated rings. The molecule has 4 nitrogen and oxygen atoms in total. The van der Waals surface area contributed by atoms with Gasteiger partial charge in [0.1, 0.15) is 5.58 Å². The number of amides is 1. The first-order valence-electron chi connectivity index (χ1n) is 8.24. The van der Waals surface area contributed by atoms with E-state index in [0.717, 1.165) is 22.9 Å². The summed E-state index contributed by atoms with van der Waals surface area (Å²) >= 11 is 7.48. The van der Waals surface area contributed by atoms with Crippen molar-refractivity contribution < 1.29 is 9.21 Å². The topological polar surface area (TPSA) is 59.3 Å². The van der Waals surface area contributed by atoms with Crippen molar-refractivity contribution in [1.29, 1.82) is 0 Å². The lowest BCUT2D eigenvalue weighted by Crippen LogP contribution is -2.14. The normalized spacial score (nSPS) is 10.8. The van der Waals surface area contributed by atoms with Gasteiger partial charge in [-0.05, 0) is 35.7 Å². The van der Waals surface area contributed by atoms with E-state index in [0.29, 0.717) is 22.0 Å². The van der Waals surface area contributed by atoms with Crippen LogP contribution in [0, 0.1) is 0 Å². The number of nitrogens with one attached hydrogen (secondary N) is 1. The van der Waals surface area contributed by atoms with Gasteiger partial charge in [-0.3, -0.25) is 4.79 Å². The van der Waals surface area contributed by atoms with Crippen LogP contribution in [0.1, 0.15) is 18.1 Å². The van der Waals surface area contributed by atoms with Crippen LogP contribution in [-0.4, -0.2) is 11.7 Å². The molecule has 0 spiro atoms. The summed E-state index contributed by atoms with van der Waals surface area (Å²) in [6, 6.07) is 14.5. The summed E-state index contributed by atoms with van der Waals surface area (Å²) in [4.78, 5) is 23.9. The zero-order valence-electron chi connectivity index (χ0n) is 14.3. The Morgan fingerprint density at radius 3 is 2.77 bits per heavy atom. The Kier molecular flexibility index (Phi) is 6.01. The Bertz CT molecular complexity index is 1000. The van der Waals surface area contributed by atoms with E-state index in [1.807, 2.05) is 30.3 Å². The van der Waals surface area contributed by atoms with Gasteiger partial charge in [-0.25, -0.2) is 4.79 Å². The third-order valence-electron chi connectivity index (χ3n) is 3.94. The Labute approximate surface area is 160 Å². The highest BCUT2D eigenvalue weighted by Gasteiger charge is 2.09. The van der Waals surface area contributed by atoms with E-state index in [-0.39, 0.29) is 17.3 Å². The van der Waals surface area contributed by atoms with Gasteiger partial charge in [-0.15, -0.1) is 11.8 Å². The molecule has 0 aliphatic rings. The number of aryl methyl sites for hydroxylation is 1. The van der Waals surface area contributed by atoms with E-state index in [9.17, 15) is 9.59 Å². The molecule has 26 heavy (non-hydrogen) atoms. The minimum atomic E-state index is -0.373. The predicted molar refractivity (Wildman–Crippen MR) is 108 cm³/mol. The summed E-state index contributed by atoms with van der Waals surface area (Å²) in [5.41, 5.74) is 2.80. The van der Waals surface area contributed by atoms with Crippen LogP contribution >= 0.6 is 23.4 Å². The second kappa shape index (κ2) is 8.43. The lowest BCUT2D eigenvalue weighted by molar-refractivity contribution is -0.113. The van der Waals surface area contributed by atoms with E-state index < -0.39 is 0 Å². The van der Waals surface area contributed by atoms with Gasteiger partial charge in [0.25, 0.3) is 0 Å². The molecule has 3 rings (SSSR count). The number of thioether (sulfide) groups is 1. The molecule has 1 N–H and O–H groups in total. The molecular weight excluding hydrogens is 370 g/mol. The van der Waals surface area contributed by atoms with Crippen LogP contribution in [0.2, 0.25) is 5.02 Å². The molecule has 0 aliphatic carbocycles. The van der Waals surface area contributed by atoms with Gasteiger partial charge in [0.15, 0.2) is 0 Å². The Hall–Kier alpha value is -2.24. The zero-order chi connectivity index (χ0) is 18.5. The maximum absolute atomic E-state index is 12.1. The molecule has 134 valence electrons. The maximum Gasteiger partial charge on any atom is 0.336 e. The molecule has 0 bridgehead atoms. The van der Waals surface area contributed by atoms with Crippen molar-refractivity contribution in [3.8, 4) is 0 Å². The molecule has 0 radical (unpaired) electrons. The van der Waals surface area contributed by atoms with E-state index >= 15 is 0 Å². The molecule has 1 aromatic heterocycles. The van der Waals surface area contributed by atoms with Crippen molar-refractivity contribution in [2.75, 3.05) is 11.1 Å². The third-order valence-corrected chi connectivity index (χ3v) is 5.25. The lowest BCUT2D eigenvalue weighted by atomic mass is 10.1. The van der Waals surface area contributed by atoms with Gasteiger partial charge in [0, 0.05) is 17.2 Å². The molecule has 0 atom stereocenters. The minimum absolute atomic E-state index is 0.136. The van der Waals surface area contributed by atoms with Crippen molar-refractivity contribution in [2.45, 2.75) is 19.1 Å². The summed E-state index contributed by atoms with van der Waals surface area (Å²) in [6.45, 7) is 2.05. The number of carbonyl (C=O) groups excluding carboxylic acids is 1. The third kappa shape index (κ3) is 4.48. The van der Waals surface area contributed by atoms with Crippen LogP contribution in [-0.2, 0) is 17.0 Å². The van der Waals surface area contributed by atoms with Crippen LogP contribution in [0.5, 0.6) is 0 Å². The van der Waals surface area contributed by atoms with E-state index in [1.54, 1.807) is 12.1 Å². The molecule has 0 saturated heterocycles. The van der Waals surface area contributed by atoms with Gasteiger partial charge in [0.05, 0.1) is 16.5 Å². The van der Waals surface area contributed by atoms with E-state index in [2.05, 4.69) is 12.2 Å². The monoisotopic (exact) mass is 387 g/mol. The smallest absolute Gasteiger partial charge is 0.336 e. The summed E-state index contributed by atoms with van der Waals surface area (Å²) < 4.78 is 5.31. The molecule has 2 aromatic carbocycles. The highest BCUT2D eigenvalue weighted by Crippen LogP contribution is 2.24. The van der Waals surface area contributed by atoms with Crippen LogP contribution in [0.25, 0.3) is 11.0 Å². The fourth-order valence-corrected chi connectivity index (χ4v) is 3.62. The van der Waals surface area contributed by atoms with Crippen molar-refractivity contribution in [1.82, 2.24) is 0 Å². The second-order valence-electron chi connectivity index (χ2n) is 5.80. The second-order valence-corrected chi connectivity index (χ2v) is 7.19. The fourth-order valence-electron chi connectivity index (χ4n) is 2.62. The minimum Gasteiger partial charge on any atom is -0.423 e. The number of halogens is 1. The SMILES string of the molecule is CCc1ccc2c(CSCC(=O)Nc3ccccc3Cl)cc(=O)oc2c1. The van der Waals surface area contributed by atoms with Crippen LogP contribution in [0.4, 0.5) is 5.69 Å². The van der Waals surface area contributed by atoms with Gasteiger partial charge in [-0.1, -0.05) is 42.8 Å². The van der Waals surface area contributed by atoms with Crippen molar-refractivity contribution in [3.05, 3.63) is 75.1 Å². The van der Waals surface area contributed by atoms with E-state index in [1.165, 1.54) is 17.8 Å².